The second-order valence-electron chi connectivity index (χ2n) is 4.19. The lowest BCUT2D eigenvalue weighted by Crippen LogP contribution is -2.06. The fourth-order valence-corrected chi connectivity index (χ4v) is 1.81. The number of carboxylic acids is 1. The number of nitriles is 1. The number of pyridine rings is 1. The first-order valence-electron chi connectivity index (χ1n) is 6.15. The minimum absolute atomic E-state index is 0.133. The summed E-state index contributed by atoms with van der Waals surface area (Å²) in [6.45, 7) is 0.356. The molecule has 21 heavy (non-hydrogen) atoms. The molecule has 0 spiro atoms. The second kappa shape index (κ2) is 6.39. The summed E-state index contributed by atoms with van der Waals surface area (Å²) in [6, 6.07) is 10.4. The van der Waals surface area contributed by atoms with Gasteiger partial charge in [0.05, 0.1) is 36.2 Å². The molecule has 0 atom stereocenters. The molecule has 0 saturated heterocycles. The molecule has 1 aromatic heterocycles. The van der Waals surface area contributed by atoms with Gasteiger partial charge < -0.3 is 15.2 Å². The number of rotatable bonds is 5. The smallest absolute Gasteiger partial charge is 0.337 e. The van der Waals surface area contributed by atoms with Crippen molar-refractivity contribution in [2.45, 2.75) is 6.54 Å². The van der Waals surface area contributed by atoms with E-state index in [9.17, 15) is 4.79 Å². The van der Waals surface area contributed by atoms with Crippen LogP contribution in [0.4, 0.5) is 5.69 Å². The largest absolute Gasteiger partial charge is 0.495 e. The minimum Gasteiger partial charge on any atom is -0.495 e. The summed E-state index contributed by atoms with van der Waals surface area (Å²) < 4.78 is 5.22. The van der Waals surface area contributed by atoms with Crippen molar-refractivity contribution in [3.63, 3.8) is 0 Å². The normalized spacial score (nSPS) is 9.71. The monoisotopic (exact) mass is 283 g/mol. The first-order chi connectivity index (χ1) is 10.2. The van der Waals surface area contributed by atoms with E-state index in [1.165, 1.54) is 19.4 Å². The molecule has 0 unspecified atom stereocenters. The highest BCUT2D eigenvalue weighted by atomic mass is 16.5. The Kier molecular flexibility index (Phi) is 4.36. The number of carbonyl (C=O) groups is 1. The Bertz CT molecular complexity index is 690. The fraction of sp³-hybridized carbons (Fsp3) is 0.133. The van der Waals surface area contributed by atoms with Gasteiger partial charge in [0.2, 0.25) is 0 Å². The number of nitrogens with one attached hydrogen (secondary N) is 1. The van der Waals surface area contributed by atoms with Crippen molar-refractivity contribution in [3.8, 4) is 11.8 Å². The van der Waals surface area contributed by atoms with Crippen LogP contribution >= 0.6 is 0 Å². The van der Waals surface area contributed by atoms with E-state index in [0.29, 0.717) is 29.2 Å². The quantitative estimate of drug-likeness (QED) is 0.874. The number of methoxy groups -OCH3 is 1. The molecule has 0 saturated carbocycles. The molecular weight excluding hydrogens is 270 g/mol. The third kappa shape index (κ3) is 3.28. The zero-order valence-electron chi connectivity index (χ0n) is 11.3. The molecule has 6 heteroatoms. The van der Waals surface area contributed by atoms with Gasteiger partial charge >= 0.3 is 5.97 Å². The molecule has 0 radical (unpaired) electrons. The zero-order chi connectivity index (χ0) is 15.2. The van der Waals surface area contributed by atoms with Crippen LogP contribution in [0.5, 0.6) is 5.75 Å². The molecule has 2 aromatic rings. The molecule has 6 nitrogen and oxygen atoms in total. The van der Waals surface area contributed by atoms with Crippen LogP contribution in [0, 0.1) is 11.3 Å². The maximum Gasteiger partial charge on any atom is 0.337 e. The first kappa shape index (κ1) is 14.3. The van der Waals surface area contributed by atoms with E-state index in [2.05, 4.69) is 16.4 Å². The van der Waals surface area contributed by atoms with Crippen molar-refractivity contribution in [1.29, 1.82) is 5.26 Å². The van der Waals surface area contributed by atoms with Gasteiger partial charge in [0.1, 0.15) is 11.8 Å². The molecule has 0 amide bonds. The number of aromatic nitrogens is 1. The molecule has 1 aromatic carbocycles. The SMILES string of the molecule is COc1cccc(C#N)c1NCc1ccc(C(=O)O)cn1. The molecular formula is C15H13N3O3. The summed E-state index contributed by atoms with van der Waals surface area (Å²) in [5.74, 6) is -0.449. The van der Waals surface area contributed by atoms with Crippen LogP contribution in [-0.2, 0) is 6.54 Å². The van der Waals surface area contributed by atoms with E-state index in [0.717, 1.165) is 0 Å². The van der Waals surface area contributed by atoms with Crippen molar-refractivity contribution in [3.05, 3.63) is 53.3 Å². The van der Waals surface area contributed by atoms with Crippen LogP contribution in [-0.4, -0.2) is 23.2 Å². The highest BCUT2D eigenvalue weighted by Crippen LogP contribution is 2.28. The molecule has 2 N–H and O–H groups in total. The minimum atomic E-state index is -1.02. The lowest BCUT2D eigenvalue weighted by Gasteiger charge is -2.12. The zero-order valence-corrected chi connectivity index (χ0v) is 11.3. The topological polar surface area (TPSA) is 95.2 Å². The highest BCUT2D eigenvalue weighted by molar-refractivity contribution is 5.87. The van der Waals surface area contributed by atoms with Crippen molar-refractivity contribution in [2.75, 3.05) is 12.4 Å². The average molecular weight is 283 g/mol. The van der Waals surface area contributed by atoms with Gasteiger partial charge in [-0.15, -0.1) is 0 Å². The summed E-state index contributed by atoms with van der Waals surface area (Å²) in [5.41, 5.74) is 1.85. The third-order valence-corrected chi connectivity index (χ3v) is 2.88. The number of nitrogens with zero attached hydrogens (tertiary/aromatic N) is 2. The number of ether oxygens (including phenoxy) is 1. The number of carboxylic acid groups (broad SMARTS) is 1. The Balaban J connectivity index is 2.16. The molecule has 0 aliphatic heterocycles. The Morgan fingerprint density at radius 2 is 2.24 bits per heavy atom. The van der Waals surface area contributed by atoms with Gasteiger partial charge in [-0.2, -0.15) is 5.26 Å². The summed E-state index contributed by atoms with van der Waals surface area (Å²) in [6.07, 6.45) is 1.30. The molecule has 2 rings (SSSR count). The average Bonchev–Trinajstić information content (AvgIpc) is 2.52. The van der Waals surface area contributed by atoms with Gasteiger partial charge in [0.25, 0.3) is 0 Å². The lowest BCUT2D eigenvalue weighted by atomic mass is 10.1. The van der Waals surface area contributed by atoms with Crippen molar-refractivity contribution in [1.82, 2.24) is 4.98 Å². The van der Waals surface area contributed by atoms with E-state index >= 15 is 0 Å². The van der Waals surface area contributed by atoms with Crippen LogP contribution in [0.15, 0.2) is 36.5 Å². The van der Waals surface area contributed by atoms with Crippen LogP contribution in [0.3, 0.4) is 0 Å². The van der Waals surface area contributed by atoms with Gasteiger partial charge in [-0.3, -0.25) is 4.98 Å². The second-order valence-corrected chi connectivity index (χ2v) is 4.19. The maximum absolute atomic E-state index is 10.8. The standard InChI is InChI=1S/C15H13N3O3/c1-21-13-4-2-3-10(7-16)14(13)18-9-12-6-5-11(8-17-12)15(19)20/h2-6,8,18H,9H2,1H3,(H,19,20). The van der Waals surface area contributed by atoms with E-state index < -0.39 is 5.97 Å². The van der Waals surface area contributed by atoms with Crippen molar-refractivity contribution in [2.24, 2.45) is 0 Å². The predicted octanol–water partition coefficient (Wildman–Crippen LogP) is 2.27. The van der Waals surface area contributed by atoms with E-state index in [1.54, 1.807) is 24.3 Å². The third-order valence-electron chi connectivity index (χ3n) is 2.88. The molecule has 0 fully saturated rings. The van der Waals surface area contributed by atoms with Gasteiger partial charge in [-0.05, 0) is 24.3 Å². The van der Waals surface area contributed by atoms with Gasteiger partial charge in [0, 0.05) is 6.20 Å². The summed E-state index contributed by atoms with van der Waals surface area (Å²) in [5, 5.41) is 21.0. The lowest BCUT2D eigenvalue weighted by molar-refractivity contribution is 0.0696. The molecule has 0 aliphatic rings. The van der Waals surface area contributed by atoms with E-state index in [1.807, 2.05) is 0 Å². The van der Waals surface area contributed by atoms with Crippen LogP contribution < -0.4 is 10.1 Å². The molecule has 0 bridgehead atoms. The number of para-hydroxylation sites is 1. The van der Waals surface area contributed by atoms with Crippen LogP contribution in [0.2, 0.25) is 0 Å². The predicted molar refractivity (Wildman–Crippen MR) is 76.2 cm³/mol. The maximum atomic E-state index is 10.8. The molecule has 106 valence electrons. The van der Waals surface area contributed by atoms with Crippen molar-refractivity contribution < 1.29 is 14.6 Å². The van der Waals surface area contributed by atoms with Gasteiger partial charge in [-0.25, -0.2) is 4.79 Å². The van der Waals surface area contributed by atoms with E-state index in [-0.39, 0.29) is 5.56 Å². The number of benzene rings is 1. The number of hydrogen-bond acceptors (Lipinski definition) is 5. The number of hydrogen-bond donors (Lipinski definition) is 2. The Morgan fingerprint density at radius 3 is 2.81 bits per heavy atom. The first-order valence-corrected chi connectivity index (χ1v) is 6.15. The Morgan fingerprint density at radius 1 is 1.43 bits per heavy atom. The van der Waals surface area contributed by atoms with Gasteiger partial charge in [0.15, 0.2) is 0 Å². The highest BCUT2D eigenvalue weighted by Gasteiger charge is 2.09. The van der Waals surface area contributed by atoms with Gasteiger partial charge in [-0.1, -0.05) is 6.07 Å². The Labute approximate surface area is 121 Å². The Hall–Kier alpha value is -3.07. The summed E-state index contributed by atoms with van der Waals surface area (Å²) >= 11 is 0. The van der Waals surface area contributed by atoms with Crippen LogP contribution in [0.1, 0.15) is 21.6 Å². The fourth-order valence-electron chi connectivity index (χ4n) is 1.81. The number of anilines is 1. The number of aromatic carboxylic acids is 1. The van der Waals surface area contributed by atoms with Crippen LogP contribution in [0.25, 0.3) is 0 Å². The van der Waals surface area contributed by atoms with Crippen molar-refractivity contribution >= 4 is 11.7 Å². The summed E-state index contributed by atoms with van der Waals surface area (Å²) in [4.78, 5) is 14.8. The molecule has 0 aliphatic carbocycles. The molecule has 1 heterocycles. The summed E-state index contributed by atoms with van der Waals surface area (Å²) in [7, 11) is 1.53. The van der Waals surface area contributed by atoms with E-state index in [4.69, 9.17) is 15.1 Å².